The van der Waals surface area contributed by atoms with Crippen molar-refractivity contribution in [2.45, 2.75) is 6.10 Å². The summed E-state index contributed by atoms with van der Waals surface area (Å²) in [6.45, 7) is 0. The summed E-state index contributed by atoms with van der Waals surface area (Å²) in [5.41, 5.74) is 5.44. The molecule has 2 amide bonds. The Balaban J connectivity index is 1.65. The van der Waals surface area contributed by atoms with Crippen molar-refractivity contribution in [3.63, 3.8) is 0 Å². The predicted octanol–water partition coefficient (Wildman–Crippen LogP) is 2.01. The van der Waals surface area contributed by atoms with Crippen LogP contribution in [-0.2, 0) is 4.74 Å². The number of aromatic nitrogens is 2. The van der Waals surface area contributed by atoms with Gasteiger partial charge in [-0.25, -0.2) is 10.9 Å². The van der Waals surface area contributed by atoms with Crippen molar-refractivity contribution in [1.29, 1.82) is 5.41 Å². The standard InChI is InChI=1S/C22H16N8O5/c23-20-18(27-29-22(32)15-7-11-25-12-8-15)17(26-28-21(31)14-5-9-24-10-6-14)19(35-20)13-1-3-16(4-2-13)30(33)34/h1-12,19,23H,(H,28,31)(H,29,32). The zero-order valence-electron chi connectivity index (χ0n) is 17.8. The minimum Gasteiger partial charge on any atom is -0.461 e. The third kappa shape index (κ3) is 5.19. The van der Waals surface area contributed by atoms with E-state index in [1.165, 1.54) is 73.3 Å². The number of nitrogens with zero attached hydrogens (tertiary/aromatic N) is 5. The van der Waals surface area contributed by atoms with Crippen molar-refractivity contribution in [3.05, 3.63) is 100 Å². The van der Waals surface area contributed by atoms with E-state index in [0.29, 0.717) is 5.56 Å². The van der Waals surface area contributed by atoms with E-state index in [0.717, 1.165) is 0 Å². The fourth-order valence-electron chi connectivity index (χ4n) is 3.04. The van der Waals surface area contributed by atoms with E-state index in [-0.39, 0.29) is 28.2 Å². The summed E-state index contributed by atoms with van der Waals surface area (Å²) < 4.78 is 5.58. The number of carbonyl (C=O) groups is 2. The molecule has 0 spiro atoms. The average molecular weight is 472 g/mol. The van der Waals surface area contributed by atoms with E-state index in [2.05, 4.69) is 31.0 Å². The first-order valence-corrected chi connectivity index (χ1v) is 10.0. The molecule has 4 rings (SSSR count). The van der Waals surface area contributed by atoms with Crippen LogP contribution in [0.1, 0.15) is 32.4 Å². The van der Waals surface area contributed by atoms with Crippen molar-refractivity contribution in [1.82, 2.24) is 20.8 Å². The highest BCUT2D eigenvalue weighted by atomic mass is 16.6. The summed E-state index contributed by atoms with van der Waals surface area (Å²) >= 11 is 0. The summed E-state index contributed by atoms with van der Waals surface area (Å²) in [6.07, 6.45) is 4.75. The summed E-state index contributed by atoms with van der Waals surface area (Å²) in [6, 6.07) is 11.4. The monoisotopic (exact) mass is 472 g/mol. The third-order valence-electron chi connectivity index (χ3n) is 4.78. The number of non-ortho nitro benzene ring substituents is 1. The number of hydrogen-bond acceptors (Lipinski definition) is 10. The first kappa shape index (κ1) is 22.8. The van der Waals surface area contributed by atoms with Crippen molar-refractivity contribution < 1.29 is 19.2 Å². The van der Waals surface area contributed by atoms with E-state index in [1.54, 1.807) is 0 Å². The second-order valence-corrected chi connectivity index (χ2v) is 6.99. The number of rotatable bonds is 6. The highest BCUT2D eigenvalue weighted by Crippen LogP contribution is 2.28. The van der Waals surface area contributed by atoms with Crippen LogP contribution in [0.25, 0.3) is 0 Å². The lowest BCUT2D eigenvalue weighted by Crippen LogP contribution is -2.28. The molecule has 1 aromatic carbocycles. The van der Waals surface area contributed by atoms with Gasteiger partial charge in [-0.1, -0.05) is 0 Å². The molecule has 35 heavy (non-hydrogen) atoms. The zero-order valence-corrected chi connectivity index (χ0v) is 17.8. The average Bonchev–Trinajstić information content (AvgIpc) is 3.21. The molecule has 2 aromatic heterocycles. The lowest BCUT2D eigenvalue weighted by Gasteiger charge is -2.10. The fourth-order valence-corrected chi connectivity index (χ4v) is 3.04. The largest absolute Gasteiger partial charge is 0.461 e. The Morgan fingerprint density at radius 2 is 1.40 bits per heavy atom. The fraction of sp³-hybridized carbons (Fsp3) is 0.0455. The van der Waals surface area contributed by atoms with Gasteiger partial charge in [0.15, 0.2) is 11.8 Å². The lowest BCUT2D eigenvalue weighted by molar-refractivity contribution is -0.384. The number of carbonyl (C=O) groups excluding carboxylic acids is 2. The first-order valence-electron chi connectivity index (χ1n) is 10.0. The summed E-state index contributed by atoms with van der Waals surface area (Å²) in [4.78, 5) is 43.0. The Morgan fingerprint density at radius 1 is 0.886 bits per heavy atom. The van der Waals surface area contributed by atoms with Crippen LogP contribution >= 0.6 is 0 Å². The van der Waals surface area contributed by atoms with E-state index in [9.17, 15) is 19.7 Å². The number of hydrogen-bond donors (Lipinski definition) is 3. The van der Waals surface area contributed by atoms with Gasteiger partial charge in [0.2, 0.25) is 5.90 Å². The molecular formula is C22H16N8O5. The van der Waals surface area contributed by atoms with Gasteiger partial charge in [0.25, 0.3) is 17.5 Å². The normalized spacial score (nSPS) is 17.1. The SMILES string of the molecule is N=C1OC(c2ccc([N+](=O)[O-])cc2)C(=NNC(=O)c2ccncc2)C1=NNC(=O)c1ccncc1. The van der Waals surface area contributed by atoms with E-state index < -0.39 is 28.7 Å². The van der Waals surface area contributed by atoms with E-state index >= 15 is 0 Å². The highest BCUT2D eigenvalue weighted by Gasteiger charge is 2.38. The molecule has 0 radical (unpaired) electrons. The Bertz CT molecular complexity index is 1340. The highest BCUT2D eigenvalue weighted by molar-refractivity contribution is 6.69. The minimum absolute atomic E-state index is 0.0151. The molecule has 1 atom stereocenters. The van der Waals surface area contributed by atoms with Crippen molar-refractivity contribution in [2.75, 3.05) is 0 Å². The molecular weight excluding hydrogens is 456 g/mol. The van der Waals surface area contributed by atoms with Gasteiger partial charge in [0, 0.05) is 48.0 Å². The minimum atomic E-state index is -1.02. The second-order valence-electron chi connectivity index (χ2n) is 6.99. The van der Waals surface area contributed by atoms with Crippen molar-refractivity contribution >= 4 is 34.8 Å². The van der Waals surface area contributed by atoms with Gasteiger partial charge in [-0.2, -0.15) is 10.2 Å². The Hall–Kier alpha value is -5.33. The van der Waals surface area contributed by atoms with Crippen molar-refractivity contribution in [2.24, 2.45) is 10.2 Å². The van der Waals surface area contributed by atoms with Gasteiger partial charge >= 0.3 is 0 Å². The molecule has 13 heteroatoms. The summed E-state index contributed by atoms with van der Waals surface area (Å²) in [7, 11) is 0. The van der Waals surface area contributed by atoms with Crippen LogP contribution in [0.15, 0.2) is 83.5 Å². The molecule has 3 aromatic rings. The topological polar surface area (TPSA) is 185 Å². The Morgan fingerprint density at radius 3 is 1.91 bits per heavy atom. The molecule has 0 aliphatic carbocycles. The van der Waals surface area contributed by atoms with Crippen LogP contribution < -0.4 is 10.9 Å². The number of nitrogens with one attached hydrogen (secondary N) is 3. The maximum absolute atomic E-state index is 12.5. The van der Waals surface area contributed by atoms with Gasteiger partial charge in [0.1, 0.15) is 5.71 Å². The van der Waals surface area contributed by atoms with E-state index in [1.807, 2.05) is 0 Å². The molecule has 1 saturated heterocycles. The molecule has 0 bridgehead atoms. The van der Waals surface area contributed by atoms with Gasteiger partial charge in [-0.05, 0) is 42.0 Å². The number of hydrazone groups is 2. The third-order valence-corrected chi connectivity index (χ3v) is 4.78. The zero-order chi connectivity index (χ0) is 24.8. The maximum atomic E-state index is 12.5. The van der Waals surface area contributed by atoms with Crippen molar-refractivity contribution in [3.8, 4) is 0 Å². The molecule has 1 fully saturated rings. The van der Waals surface area contributed by atoms with Crippen LogP contribution in [0.3, 0.4) is 0 Å². The number of nitro benzene ring substituents is 1. The van der Waals surface area contributed by atoms with Gasteiger partial charge in [0.05, 0.1) is 4.92 Å². The van der Waals surface area contributed by atoms with Crippen LogP contribution in [0.4, 0.5) is 5.69 Å². The quantitative estimate of drug-likeness (QED) is 0.362. The number of benzene rings is 1. The van der Waals surface area contributed by atoms with Gasteiger partial charge in [-0.15, -0.1) is 0 Å². The molecule has 1 unspecified atom stereocenters. The number of amides is 2. The summed E-state index contributed by atoms with van der Waals surface area (Å²) in [5, 5.41) is 27.3. The second kappa shape index (κ2) is 10.1. The number of nitro groups is 1. The molecule has 13 nitrogen and oxygen atoms in total. The number of pyridine rings is 2. The smallest absolute Gasteiger partial charge is 0.271 e. The Labute approximate surface area is 197 Å². The molecule has 174 valence electrons. The van der Waals surface area contributed by atoms with Gasteiger partial charge in [-0.3, -0.25) is 35.1 Å². The van der Waals surface area contributed by atoms with Crippen LogP contribution in [0.5, 0.6) is 0 Å². The molecule has 1 aliphatic heterocycles. The van der Waals surface area contributed by atoms with E-state index in [4.69, 9.17) is 10.1 Å². The van der Waals surface area contributed by atoms with Crippen LogP contribution in [-0.4, -0.2) is 44.0 Å². The lowest BCUT2D eigenvalue weighted by atomic mass is 10.0. The predicted molar refractivity (Wildman–Crippen MR) is 123 cm³/mol. The first-order chi connectivity index (χ1) is 16.9. The number of ether oxygens (including phenoxy) is 1. The molecule has 3 N–H and O–H groups in total. The molecule has 0 saturated carbocycles. The molecule has 1 aliphatic rings. The maximum Gasteiger partial charge on any atom is 0.271 e. The molecule has 3 heterocycles. The summed E-state index contributed by atoms with van der Waals surface area (Å²) in [5.74, 6) is -1.53. The van der Waals surface area contributed by atoms with Gasteiger partial charge < -0.3 is 4.74 Å². The van der Waals surface area contributed by atoms with Crippen LogP contribution in [0, 0.1) is 15.5 Å². The van der Waals surface area contributed by atoms with Crippen LogP contribution in [0.2, 0.25) is 0 Å². The Kier molecular flexibility index (Phi) is 6.58.